The molecule has 1 nitrogen and oxygen atoms in total. The summed E-state index contributed by atoms with van der Waals surface area (Å²) in [7, 11) is 0. The van der Waals surface area contributed by atoms with Gasteiger partial charge in [0.25, 0.3) is 0 Å². The van der Waals surface area contributed by atoms with Crippen molar-refractivity contribution in [2.24, 2.45) is 0 Å². The van der Waals surface area contributed by atoms with Crippen LogP contribution in [0.15, 0.2) is 18.3 Å². The normalized spacial score (nSPS) is 11.1. The van der Waals surface area contributed by atoms with Gasteiger partial charge in [-0.2, -0.15) is 0 Å². The van der Waals surface area contributed by atoms with E-state index in [-0.39, 0.29) is 0 Å². The van der Waals surface area contributed by atoms with E-state index in [1.807, 2.05) is 31.3 Å². The van der Waals surface area contributed by atoms with Crippen LogP contribution in [0.25, 0.3) is 10.2 Å². The van der Waals surface area contributed by atoms with Crippen LogP contribution in [0, 0.1) is 0 Å². The average molecular weight is 363 g/mol. The van der Waals surface area contributed by atoms with Gasteiger partial charge in [-0.25, -0.2) is 0 Å². The zero-order chi connectivity index (χ0) is 12.3. The van der Waals surface area contributed by atoms with Gasteiger partial charge in [0.2, 0.25) is 0 Å². The molecule has 2 heterocycles. The first kappa shape index (κ1) is 14.3. The molecule has 0 saturated heterocycles. The SMILES string of the molecule is CC.[CH3][Sn]([CH3])([CH3])[c]1cc2nccc(Cl)c2s1. The Morgan fingerprint density at radius 3 is 2.38 bits per heavy atom. The Balaban J connectivity index is 0.000000606. The molecule has 0 aliphatic carbocycles. The Hall–Kier alpha value is 0.199. The van der Waals surface area contributed by atoms with Crippen LogP contribution in [0.4, 0.5) is 0 Å². The zero-order valence-corrected chi connectivity index (χ0v) is 14.9. The second kappa shape index (κ2) is 5.69. The summed E-state index contributed by atoms with van der Waals surface area (Å²) < 4.78 is 2.69. The van der Waals surface area contributed by atoms with Gasteiger partial charge in [-0.3, -0.25) is 0 Å². The van der Waals surface area contributed by atoms with E-state index in [2.05, 4.69) is 25.9 Å². The second-order valence-corrected chi connectivity index (χ2v) is 21.2. The van der Waals surface area contributed by atoms with E-state index in [0.717, 1.165) is 15.2 Å². The first-order valence-electron chi connectivity index (χ1n) is 5.53. The summed E-state index contributed by atoms with van der Waals surface area (Å²) in [6.45, 7) is 4.00. The predicted octanol–water partition coefficient (Wildman–Crippen LogP) is 4.52. The van der Waals surface area contributed by atoms with Crippen LogP contribution in [0.5, 0.6) is 0 Å². The van der Waals surface area contributed by atoms with Crippen molar-refractivity contribution in [2.75, 3.05) is 0 Å². The third kappa shape index (κ3) is 3.11. The van der Waals surface area contributed by atoms with Crippen LogP contribution >= 0.6 is 22.9 Å². The molecule has 0 atom stereocenters. The van der Waals surface area contributed by atoms with Crippen LogP contribution in [0.3, 0.4) is 0 Å². The summed E-state index contributed by atoms with van der Waals surface area (Å²) >= 11 is 6.01. The minimum absolute atomic E-state index is 0.835. The number of thiophene rings is 1. The maximum absolute atomic E-state index is 6.11. The molecule has 0 aliphatic heterocycles. The zero-order valence-electron chi connectivity index (χ0n) is 10.5. The molecule has 0 spiro atoms. The number of halogens is 1. The Labute approximate surface area is 111 Å². The first-order chi connectivity index (χ1) is 7.48. The van der Waals surface area contributed by atoms with Crippen LogP contribution in [0.2, 0.25) is 19.8 Å². The molecule has 88 valence electrons. The fourth-order valence-electron chi connectivity index (χ4n) is 1.28. The topological polar surface area (TPSA) is 12.9 Å². The predicted molar refractivity (Wildman–Crippen MR) is 79.0 cm³/mol. The minimum atomic E-state index is -1.93. The van der Waals surface area contributed by atoms with Crippen molar-refractivity contribution in [1.82, 2.24) is 4.98 Å². The number of hydrogen-bond acceptors (Lipinski definition) is 2. The van der Waals surface area contributed by atoms with E-state index in [1.165, 1.54) is 2.89 Å². The molecule has 0 N–H and O–H groups in total. The number of nitrogens with zero attached hydrogens (tertiary/aromatic N) is 1. The molecule has 0 radical (unpaired) electrons. The molecule has 0 fully saturated rings. The van der Waals surface area contributed by atoms with Gasteiger partial charge in [0.1, 0.15) is 0 Å². The van der Waals surface area contributed by atoms with E-state index in [4.69, 9.17) is 11.6 Å². The quantitative estimate of drug-likeness (QED) is 0.680. The van der Waals surface area contributed by atoms with Gasteiger partial charge < -0.3 is 0 Å². The van der Waals surface area contributed by atoms with E-state index in [9.17, 15) is 0 Å². The molecular formula is C12H18ClNSSn. The van der Waals surface area contributed by atoms with Gasteiger partial charge >= 0.3 is 97.6 Å². The molecule has 2 aromatic heterocycles. The van der Waals surface area contributed by atoms with Gasteiger partial charge in [-0.1, -0.05) is 13.8 Å². The third-order valence-electron chi connectivity index (χ3n) is 2.10. The number of aromatic nitrogens is 1. The van der Waals surface area contributed by atoms with Gasteiger partial charge in [-0.15, -0.1) is 0 Å². The van der Waals surface area contributed by atoms with Gasteiger partial charge in [-0.05, 0) is 0 Å². The van der Waals surface area contributed by atoms with Crippen molar-refractivity contribution in [3.8, 4) is 0 Å². The third-order valence-corrected chi connectivity index (χ3v) is 13.1. The molecule has 4 heteroatoms. The molecule has 16 heavy (non-hydrogen) atoms. The fourth-order valence-corrected chi connectivity index (χ4v) is 7.75. The molecule has 0 amide bonds. The Kier molecular flexibility index (Phi) is 5.07. The molecule has 0 saturated carbocycles. The van der Waals surface area contributed by atoms with Crippen molar-refractivity contribution in [1.29, 1.82) is 0 Å². The number of rotatable bonds is 1. The van der Waals surface area contributed by atoms with Crippen LogP contribution < -0.4 is 2.89 Å². The summed E-state index contributed by atoms with van der Waals surface area (Å²) in [4.78, 5) is 11.6. The van der Waals surface area contributed by atoms with Crippen LogP contribution in [-0.2, 0) is 0 Å². The molecule has 0 aliphatic rings. The monoisotopic (exact) mass is 363 g/mol. The maximum atomic E-state index is 6.11. The van der Waals surface area contributed by atoms with E-state index in [1.54, 1.807) is 6.20 Å². The standard InChI is InChI=1S/C7H3ClNS.C2H6.3CH3.Sn/c8-5-1-3-9-6-2-4-10-7(5)6;1-2;;;;/h1-3H;1-2H3;3*1H3;. The van der Waals surface area contributed by atoms with Crippen molar-refractivity contribution in [2.45, 2.75) is 28.7 Å². The van der Waals surface area contributed by atoms with Crippen LogP contribution in [-0.4, -0.2) is 23.4 Å². The summed E-state index contributed by atoms with van der Waals surface area (Å²) in [6.07, 6.45) is 1.78. The molecule has 2 rings (SSSR count). The van der Waals surface area contributed by atoms with Crippen molar-refractivity contribution in [3.63, 3.8) is 0 Å². The Morgan fingerprint density at radius 1 is 1.25 bits per heavy atom. The van der Waals surface area contributed by atoms with Crippen molar-refractivity contribution in [3.05, 3.63) is 23.4 Å². The number of fused-ring (bicyclic) bond motifs is 1. The van der Waals surface area contributed by atoms with Crippen molar-refractivity contribution < 1.29 is 0 Å². The van der Waals surface area contributed by atoms with Gasteiger partial charge in [0.15, 0.2) is 0 Å². The van der Waals surface area contributed by atoms with Crippen LogP contribution in [0.1, 0.15) is 13.8 Å². The molecule has 2 aromatic rings. The Morgan fingerprint density at radius 2 is 1.88 bits per heavy atom. The van der Waals surface area contributed by atoms with E-state index < -0.39 is 18.4 Å². The molecular weight excluding hydrogens is 344 g/mol. The molecule has 0 bridgehead atoms. The number of pyridine rings is 1. The summed E-state index contributed by atoms with van der Waals surface area (Å²) in [6, 6.07) is 4.09. The Bertz CT molecular complexity index is 473. The molecule has 0 unspecified atom stereocenters. The average Bonchev–Trinajstić information content (AvgIpc) is 2.65. The van der Waals surface area contributed by atoms with Gasteiger partial charge in [0.05, 0.1) is 0 Å². The second-order valence-electron chi connectivity index (χ2n) is 4.37. The van der Waals surface area contributed by atoms with E-state index >= 15 is 0 Å². The summed E-state index contributed by atoms with van der Waals surface area (Å²) in [5.74, 6) is 0. The fraction of sp³-hybridized carbons (Fsp3) is 0.417. The van der Waals surface area contributed by atoms with E-state index in [0.29, 0.717) is 0 Å². The number of hydrogen-bond donors (Lipinski definition) is 0. The summed E-state index contributed by atoms with van der Waals surface area (Å²) in [5.41, 5.74) is 1.06. The van der Waals surface area contributed by atoms with Gasteiger partial charge in [0, 0.05) is 0 Å². The summed E-state index contributed by atoms with van der Waals surface area (Å²) in [5, 5.41) is 0.835. The molecule has 0 aromatic carbocycles. The first-order valence-corrected chi connectivity index (χ1v) is 16.7. The van der Waals surface area contributed by atoms with Crippen molar-refractivity contribution >= 4 is 54.4 Å².